The van der Waals surface area contributed by atoms with Crippen LogP contribution in [0.5, 0.6) is 0 Å². The number of rotatable bonds is 17. The summed E-state index contributed by atoms with van der Waals surface area (Å²) in [6, 6.07) is 10.7. The summed E-state index contributed by atoms with van der Waals surface area (Å²) in [6.45, 7) is 10.8. The molecule has 1 rings (SSSR count). The molecule has 1 unspecified atom stereocenters. The lowest BCUT2D eigenvalue weighted by atomic mass is 9.69. The predicted molar refractivity (Wildman–Crippen MR) is 128 cm³/mol. The summed E-state index contributed by atoms with van der Waals surface area (Å²) in [6.07, 6.45) is 20.9. The van der Waals surface area contributed by atoms with Gasteiger partial charge in [-0.2, -0.15) is 0 Å². The minimum Gasteiger partial charge on any atom is -0.119 e. The Labute approximate surface area is 181 Å². The Morgan fingerprint density at radius 3 is 1.68 bits per heavy atom. The zero-order valence-electron chi connectivity index (χ0n) is 18.9. The highest BCUT2D eigenvalue weighted by Crippen LogP contribution is 2.45. The standard InChI is InChI=1S/C27H45Cl/c1-5-7-8-9-10-11-12-13-14-15-16-20-23-27(6-2,26(3,4)28)24-25-21-18-17-19-22-25/h6,17-19,21-22H,2,5,7-16,20,23-24H2,1,3-4H3. The minimum absolute atomic E-state index is 0.0472. The molecule has 0 spiro atoms. The lowest BCUT2D eigenvalue weighted by Gasteiger charge is -2.41. The van der Waals surface area contributed by atoms with E-state index in [0.717, 1.165) is 12.8 Å². The van der Waals surface area contributed by atoms with E-state index in [4.69, 9.17) is 11.6 Å². The molecular weight excluding hydrogens is 360 g/mol. The number of hydrogen-bond acceptors (Lipinski definition) is 0. The van der Waals surface area contributed by atoms with Gasteiger partial charge in [-0.1, -0.05) is 120 Å². The van der Waals surface area contributed by atoms with E-state index in [1.807, 2.05) is 0 Å². The van der Waals surface area contributed by atoms with Gasteiger partial charge in [0.05, 0.1) is 0 Å². The van der Waals surface area contributed by atoms with Gasteiger partial charge in [-0.3, -0.25) is 0 Å². The van der Waals surface area contributed by atoms with Crippen LogP contribution >= 0.6 is 11.6 Å². The molecule has 1 aromatic rings. The smallest absolute Gasteiger partial charge is 0.0484 e. The third-order valence-electron chi connectivity index (χ3n) is 6.41. The van der Waals surface area contributed by atoms with Crippen molar-refractivity contribution in [1.82, 2.24) is 0 Å². The van der Waals surface area contributed by atoms with Gasteiger partial charge in [-0.15, -0.1) is 18.2 Å². The first-order valence-corrected chi connectivity index (χ1v) is 12.2. The molecule has 0 amide bonds. The fourth-order valence-corrected chi connectivity index (χ4v) is 4.49. The van der Waals surface area contributed by atoms with Crippen molar-refractivity contribution in [3.05, 3.63) is 48.6 Å². The van der Waals surface area contributed by atoms with Crippen molar-refractivity contribution in [3.8, 4) is 0 Å². The summed E-state index contributed by atoms with van der Waals surface area (Å²) >= 11 is 6.88. The van der Waals surface area contributed by atoms with Crippen molar-refractivity contribution >= 4 is 11.6 Å². The van der Waals surface area contributed by atoms with Crippen molar-refractivity contribution in [2.24, 2.45) is 5.41 Å². The first-order chi connectivity index (χ1) is 13.4. The quantitative estimate of drug-likeness (QED) is 0.138. The maximum atomic E-state index is 6.88. The molecule has 0 aliphatic carbocycles. The van der Waals surface area contributed by atoms with Crippen molar-refractivity contribution < 1.29 is 0 Å². The second-order valence-corrected chi connectivity index (χ2v) is 10.1. The Morgan fingerprint density at radius 1 is 0.786 bits per heavy atom. The largest absolute Gasteiger partial charge is 0.119 e. The summed E-state index contributed by atoms with van der Waals surface area (Å²) in [7, 11) is 0. The van der Waals surface area contributed by atoms with Gasteiger partial charge >= 0.3 is 0 Å². The fourth-order valence-electron chi connectivity index (χ4n) is 4.25. The van der Waals surface area contributed by atoms with Crippen LogP contribution in [0.4, 0.5) is 0 Å². The van der Waals surface area contributed by atoms with Crippen molar-refractivity contribution in [2.45, 2.75) is 116 Å². The molecule has 0 radical (unpaired) electrons. The van der Waals surface area contributed by atoms with Crippen LogP contribution in [0.1, 0.15) is 110 Å². The highest BCUT2D eigenvalue weighted by atomic mass is 35.5. The predicted octanol–water partition coefficient (Wildman–Crippen LogP) is 9.51. The summed E-state index contributed by atoms with van der Waals surface area (Å²) < 4.78 is 0. The van der Waals surface area contributed by atoms with Crippen LogP contribution in [-0.2, 0) is 6.42 Å². The second-order valence-electron chi connectivity index (χ2n) is 9.13. The molecule has 0 bridgehead atoms. The van der Waals surface area contributed by atoms with E-state index >= 15 is 0 Å². The lowest BCUT2D eigenvalue weighted by molar-refractivity contribution is 0.257. The molecule has 1 aromatic carbocycles. The summed E-state index contributed by atoms with van der Waals surface area (Å²) in [5.41, 5.74) is 1.31. The van der Waals surface area contributed by atoms with E-state index in [2.05, 4.69) is 63.8 Å². The molecule has 28 heavy (non-hydrogen) atoms. The zero-order valence-corrected chi connectivity index (χ0v) is 19.7. The Morgan fingerprint density at radius 2 is 1.25 bits per heavy atom. The van der Waals surface area contributed by atoms with Gasteiger partial charge in [0, 0.05) is 10.3 Å². The van der Waals surface area contributed by atoms with Gasteiger partial charge < -0.3 is 0 Å². The van der Waals surface area contributed by atoms with Crippen LogP contribution in [0, 0.1) is 5.41 Å². The molecule has 0 saturated carbocycles. The van der Waals surface area contributed by atoms with Crippen LogP contribution < -0.4 is 0 Å². The Hall–Kier alpha value is -0.750. The molecule has 0 aliphatic rings. The molecular formula is C27H45Cl. The zero-order chi connectivity index (χ0) is 20.7. The molecule has 0 fully saturated rings. The molecule has 0 nitrogen and oxygen atoms in total. The SMILES string of the molecule is C=CC(CCCCCCCCCCCCCC)(Cc1ccccc1)C(C)(C)Cl. The van der Waals surface area contributed by atoms with E-state index < -0.39 is 0 Å². The van der Waals surface area contributed by atoms with Crippen LogP contribution in [0.3, 0.4) is 0 Å². The first-order valence-electron chi connectivity index (χ1n) is 11.8. The Bertz CT molecular complexity index is 499. The third-order valence-corrected chi connectivity index (χ3v) is 6.79. The first kappa shape index (κ1) is 25.3. The van der Waals surface area contributed by atoms with E-state index in [1.54, 1.807) is 0 Å². The molecule has 1 atom stereocenters. The van der Waals surface area contributed by atoms with Gasteiger partial charge in [0.25, 0.3) is 0 Å². The molecule has 160 valence electrons. The van der Waals surface area contributed by atoms with Crippen LogP contribution in [-0.4, -0.2) is 4.87 Å². The normalized spacial score (nSPS) is 14.0. The molecule has 0 saturated heterocycles. The maximum Gasteiger partial charge on any atom is 0.0484 e. The van der Waals surface area contributed by atoms with Gasteiger partial charge in [-0.05, 0) is 32.3 Å². The molecule has 1 heteroatoms. The van der Waals surface area contributed by atoms with E-state index in [9.17, 15) is 0 Å². The minimum atomic E-state index is -0.289. The number of hydrogen-bond donors (Lipinski definition) is 0. The highest BCUT2D eigenvalue weighted by molar-refractivity contribution is 6.24. The summed E-state index contributed by atoms with van der Waals surface area (Å²) in [5.74, 6) is 0. The van der Waals surface area contributed by atoms with Crippen molar-refractivity contribution in [3.63, 3.8) is 0 Å². The molecule has 0 N–H and O–H groups in total. The number of benzene rings is 1. The van der Waals surface area contributed by atoms with E-state index in [1.165, 1.54) is 82.6 Å². The van der Waals surface area contributed by atoms with E-state index in [-0.39, 0.29) is 10.3 Å². The lowest BCUT2D eigenvalue weighted by Crippen LogP contribution is -2.39. The molecule has 0 heterocycles. The van der Waals surface area contributed by atoms with Crippen LogP contribution in [0.2, 0.25) is 0 Å². The Kier molecular flexibility index (Phi) is 12.9. The highest BCUT2D eigenvalue weighted by Gasteiger charge is 2.40. The summed E-state index contributed by atoms with van der Waals surface area (Å²) in [5, 5.41) is 0. The number of halogens is 1. The van der Waals surface area contributed by atoms with E-state index in [0.29, 0.717) is 0 Å². The second kappa shape index (κ2) is 14.3. The topological polar surface area (TPSA) is 0 Å². The number of unbranched alkanes of at least 4 members (excludes halogenated alkanes) is 11. The van der Waals surface area contributed by atoms with Crippen LogP contribution in [0.25, 0.3) is 0 Å². The van der Waals surface area contributed by atoms with Gasteiger partial charge in [0.2, 0.25) is 0 Å². The summed E-state index contributed by atoms with van der Waals surface area (Å²) in [4.78, 5) is -0.289. The average Bonchev–Trinajstić information content (AvgIpc) is 2.67. The van der Waals surface area contributed by atoms with Gasteiger partial charge in [0.1, 0.15) is 0 Å². The number of allylic oxidation sites excluding steroid dienone is 1. The fraction of sp³-hybridized carbons (Fsp3) is 0.704. The molecule has 0 aromatic heterocycles. The molecule has 0 aliphatic heterocycles. The Balaban J connectivity index is 2.28. The van der Waals surface area contributed by atoms with Crippen molar-refractivity contribution in [1.29, 1.82) is 0 Å². The average molecular weight is 405 g/mol. The number of alkyl halides is 1. The maximum absolute atomic E-state index is 6.88. The third kappa shape index (κ3) is 9.64. The van der Waals surface area contributed by atoms with Gasteiger partial charge in [0.15, 0.2) is 0 Å². The van der Waals surface area contributed by atoms with Crippen LogP contribution in [0.15, 0.2) is 43.0 Å². The monoisotopic (exact) mass is 404 g/mol. The van der Waals surface area contributed by atoms with Gasteiger partial charge in [-0.25, -0.2) is 0 Å². The van der Waals surface area contributed by atoms with Crippen molar-refractivity contribution in [2.75, 3.05) is 0 Å².